The number of hydrogen-bond acceptors (Lipinski definition) is 2. The molecule has 0 amide bonds. The molecule has 0 saturated heterocycles. The molecule has 1 aliphatic carbocycles. The zero-order valence-electron chi connectivity index (χ0n) is 8.18. The van der Waals surface area contributed by atoms with E-state index < -0.39 is 0 Å². The average Bonchev–Trinajstić information content (AvgIpc) is 2.02. The Morgan fingerprint density at radius 2 is 2.25 bits per heavy atom. The molecule has 3 N–H and O–H groups in total. The molecule has 0 aromatic heterocycles. The molecule has 0 aliphatic heterocycles. The first-order chi connectivity index (χ1) is 5.86. The van der Waals surface area contributed by atoms with Crippen LogP contribution in [-0.2, 0) is 0 Å². The number of rotatable bonds is 6. The fourth-order valence-electron chi connectivity index (χ4n) is 1.58. The van der Waals surface area contributed by atoms with Crippen LogP contribution in [0.2, 0.25) is 0 Å². The van der Waals surface area contributed by atoms with E-state index in [4.69, 9.17) is 5.73 Å². The van der Waals surface area contributed by atoms with Gasteiger partial charge in [-0.2, -0.15) is 0 Å². The zero-order valence-corrected chi connectivity index (χ0v) is 8.18. The third-order valence-electron chi connectivity index (χ3n) is 3.00. The van der Waals surface area contributed by atoms with E-state index in [1.165, 1.54) is 32.2 Å². The molecule has 72 valence electrons. The van der Waals surface area contributed by atoms with Gasteiger partial charge in [0.2, 0.25) is 0 Å². The second-order valence-electron chi connectivity index (χ2n) is 3.97. The lowest BCUT2D eigenvalue weighted by molar-refractivity contribution is 0.294. The summed E-state index contributed by atoms with van der Waals surface area (Å²) in [6.07, 6.45) is 5.52. The summed E-state index contributed by atoms with van der Waals surface area (Å²) < 4.78 is 0. The van der Waals surface area contributed by atoms with E-state index >= 15 is 0 Å². The summed E-state index contributed by atoms with van der Waals surface area (Å²) in [5, 5.41) is 3.51. The van der Waals surface area contributed by atoms with Crippen LogP contribution in [-0.4, -0.2) is 19.6 Å². The van der Waals surface area contributed by atoms with Crippen molar-refractivity contribution in [3.8, 4) is 0 Å². The maximum absolute atomic E-state index is 5.61. The molecule has 0 bridgehead atoms. The highest BCUT2D eigenvalue weighted by Gasteiger charge is 2.16. The summed E-state index contributed by atoms with van der Waals surface area (Å²) in [6, 6.07) is 0. The van der Waals surface area contributed by atoms with Crippen LogP contribution in [0.15, 0.2) is 0 Å². The van der Waals surface area contributed by atoms with Crippen molar-refractivity contribution < 1.29 is 0 Å². The average molecular weight is 170 g/mol. The lowest BCUT2D eigenvalue weighted by atomic mass is 9.85. The molecule has 0 radical (unpaired) electrons. The predicted molar refractivity (Wildman–Crippen MR) is 53.0 cm³/mol. The van der Waals surface area contributed by atoms with Gasteiger partial charge in [-0.3, -0.25) is 0 Å². The molecular weight excluding hydrogens is 148 g/mol. The minimum absolute atomic E-state index is 0.685. The van der Waals surface area contributed by atoms with Gasteiger partial charge in [0.25, 0.3) is 0 Å². The number of hydrogen-bond donors (Lipinski definition) is 2. The van der Waals surface area contributed by atoms with E-state index in [1.807, 2.05) is 0 Å². The fraction of sp³-hybridized carbons (Fsp3) is 1.00. The van der Waals surface area contributed by atoms with Gasteiger partial charge in [-0.05, 0) is 44.3 Å². The third kappa shape index (κ3) is 3.11. The Hall–Kier alpha value is -0.0800. The zero-order chi connectivity index (χ0) is 8.81. The Morgan fingerprint density at radius 1 is 1.50 bits per heavy atom. The van der Waals surface area contributed by atoms with E-state index in [0.717, 1.165) is 19.0 Å². The normalized spacial score (nSPS) is 20.5. The van der Waals surface area contributed by atoms with Gasteiger partial charge >= 0.3 is 0 Å². The Bertz CT molecular complexity index is 106. The summed E-state index contributed by atoms with van der Waals surface area (Å²) >= 11 is 0. The molecule has 0 heterocycles. The molecule has 1 unspecified atom stereocenters. The van der Waals surface area contributed by atoms with Gasteiger partial charge in [-0.1, -0.05) is 19.8 Å². The SMILES string of the molecule is CCC(CN)CNCC1CCC1. The standard InChI is InChI=1S/C10H22N2/c1-2-9(6-11)7-12-8-10-4-3-5-10/h9-10,12H,2-8,11H2,1H3. The van der Waals surface area contributed by atoms with Crippen molar-refractivity contribution in [2.75, 3.05) is 19.6 Å². The highest BCUT2D eigenvalue weighted by molar-refractivity contribution is 4.72. The lowest BCUT2D eigenvalue weighted by Crippen LogP contribution is -2.33. The van der Waals surface area contributed by atoms with Crippen LogP contribution >= 0.6 is 0 Å². The number of nitrogens with one attached hydrogen (secondary N) is 1. The maximum Gasteiger partial charge on any atom is -0.000845 e. The lowest BCUT2D eigenvalue weighted by Gasteiger charge is -2.26. The Labute approximate surface area is 75.9 Å². The van der Waals surface area contributed by atoms with Crippen LogP contribution in [0, 0.1) is 11.8 Å². The fourth-order valence-corrected chi connectivity index (χ4v) is 1.58. The van der Waals surface area contributed by atoms with Crippen molar-refractivity contribution in [3.63, 3.8) is 0 Å². The summed E-state index contributed by atoms with van der Waals surface area (Å²) in [4.78, 5) is 0. The summed E-state index contributed by atoms with van der Waals surface area (Å²) in [6.45, 7) is 5.37. The summed E-state index contributed by atoms with van der Waals surface area (Å²) in [5.74, 6) is 1.66. The van der Waals surface area contributed by atoms with Crippen molar-refractivity contribution in [1.29, 1.82) is 0 Å². The van der Waals surface area contributed by atoms with E-state index in [-0.39, 0.29) is 0 Å². The van der Waals surface area contributed by atoms with Crippen molar-refractivity contribution in [3.05, 3.63) is 0 Å². The smallest absolute Gasteiger partial charge is 0.000845 e. The molecule has 1 fully saturated rings. The van der Waals surface area contributed by atoms with Gasteiger partial charge in [-0.25, -0.2) is 0 Å². The van der Waals surface area contributed by atoms with Crippen LogP contribution in [0.1, 0.15) is 32.6 Å². The minimum Gasteiger partial charge on any atom is -0.330 e. The second kappa shape index (κ2) is 5.55. The van der Waals surface area contributed by atoms with Crippen molar-refractivity contribution in [2.24, 2.45) is 17.6 Å². The molecule has 0 aromatic rings. The predicted octanol–water partition coefficient (Wildman–Crippen LogP) is 1.36. The van der Waals surface area contributed by atoms with Gasteiger partial charge < -0.3 is 11.1 Å². The molecule has 12 heavy (non-hydrogen) atoms. The van der Waals surface area contributed by atoms with Crippen LogP contribution in [0.4, 0.5) is 0 Å². The second-order valence-corrected chi connectivity index (χ2v) is 3.97. The van der Waals surface area contributed by atoms with Gasteiger partial charge in [0, 0.05) is 0 Å². The highest BCUT2D eigenvalue weighted by Crippen LogP contribution is 2.25. The first-order valence-electron chi connectivity index (χ1n) is 5.27. The first-order valence-corrected chi connectivity index (χ1v) is 5.27. The third-order valence-corrected chi connectivity index (χ3v) is 3.00. The Balaban J connectivity index is 1.92. The molecule has 0 spiro atoms. The molecule has 2 heteroatoms. The van der Waals surface area contributed by atoms with Gasteiger partial charge in [0.15, 0.2) is 0 Å². The van der Waals surface area contributed by atoms with E-state index in [9.17, 15) is 0 Å². The quantitative estimate of drug-likeness (QED) is 0.631. The molecule has 1 rings (SSSR count). The molecule has 1 saturated carbocycles. The van der Waals surface area contributed by atoms with Crippen LogP contribution < -0.4 is 11.1 Å². The maximum atomic E-state index is 5.61. The van der Waals surface area contributed by atoms with Crippen LogP contribution in [0.3, 0.4) is 0 Å². The van der Waals surface area contributed by atoms with E-state index in [0.29, 0.717) is 5.92 Å². The largest absolute Gasteiger partial charge is 0.330 e. The van der Waals surface area contributed by atoms with E-state index in [2.05, 4.69) is 12.2 Å². The molecule has 2 nitrogen and oxygen atoms in total. The molecule has 0 aromatic carbocycles. The Morgan fingerprint density at radius 3 is 2.67 bits per heavy atom. The first kappa shape index (κ1) is 10.0. The van der Waals surface area contributed by atoms with Crippen molar-refractivity contribution >= 4 is 0 Å². The van der Waals surface area contributed by atoms with Gasteiger partial charge in [0.1, 0.15) is 0 Å². The summed E-state index contributed by atoms with van der Waals surface area (Å²) in [5.41, 5.74) is 5.61. The van der Waals surface area contributed by atoms with Gasteiger partial charge in [0.05, 0.1) is 0 Å². The van der Waals surface area contributed by atoms with Crippen LogP contribution in [0.25, 0.3) is 0 Å². The van der Waals surface area contributed by atoms with Crippen LogP contribution in [0.5, 0.6) is 0 Å². The monoisotopic (exact) mass is 170 g/mol. The molecular formula is C10H22N2. The molecule has 1 aliphatic rings. The Kier molecular flexibility index (Phi) is 4.62. The molecule has 1 atom stereocenters. The van der Waals surface area contributed by atoms with Gasteiger partial charge in [-0.15, -0.1) is 0 Å². The highest BCUT2D eigenvalue weighted by atomic mass is 14.9. The van der Waals surface area contributed by atoms with E-state index in [1.54, 1.807) is 0 Å². The van der Waals surface area contributed by atoms with Crippen molar-refractivity contribution in [2.45, 2.75) is 32.6 Å². The van der Waals surface area contributed by atoms with Crippen molar-refractivity contribution in [1.82, 2.24) is 5.32 Å². The topological polar surface area (TPSA) is 38.0 Å². The number of nitrogens with two attached hydrogens (primary N) is 1. The summed E-state index contributed by atoms with van der Waals surface area (Å²) in [7, 11) is 0. The minimum atomic E-state index is 0.685.